The second kappa shape index (κ2) is 4.66. The number of rotatable bonds is 1. The SMILES string of the molecule is CC1OC(CC(C)(C)C)CC(C(C)(C)C)O1. The molecule has 3 atom stereocenters. The highest BCUT2D eigenvalue weighted by molar-refractivity contribution is 4.83. The lowest BCUT2D eigenvalue weighted by Crippen LogP contribution is -2.44. The summed E-state index contributed by atoms with van der Waals surface area (Å²) < 4.78 is 11.7. The molecule has 0 aromatic rings. The number of ether oxygens (including phenoxy) is 2. The molecule has 0 aromatic carbocycles. The standard InChI is InChI=1S/C14H28O2/c1-10-15-11(9-13(2,3)4)8-12(16-10)14(5,6)7/h10-12H,8-9H2,1-7H3. The molecule has 0 saturated carbocycles. The van der Waals surface area contributed by atoms with Crippen LogP contribution in [0.1, 0.15) is 61.3 Å². The lowest BCUT2D eigenvalue weighted by molar-refractivity contribution is -0.257. The average molecular weight is 228 g/mol. The van der Waals surface area contributed by atoms with Crippen molar-refractivity contribution in [3.05, 3.63) is 0 Å². The Hall–Kier alpha value is -0.0800. The Balaban J connectivity index is 2.61. The third-order valence-corrected chi connectivity index (χ3v) is 3.02. The van der Waals surface area contributed by atoms with Crippen LogP contribution in [-0.4, -0.2) is 18.5 Å². The number of hydrogen-bond acceptors (Lipinski definition) is 2. The molecule has 0 amide bonds. The van der Waals surface area contributed by atoms with Gasteiger partial charge in [-0.25, -0.2) is 0 Å². The molecule has 1 rings (SSSR count). The molecule has 0 aromatic heterocycles. The predicted octanol–water partition coefficient (Wildman–Crippen LogP) is 3.99. The van der Waals surface area contributed by atoms with E-state index in [1.54, 1.807) is 0 Å². The summed E-state index contributed by atoms with van der Waals surface area (Å²) in [5.41, 5.74) is 0.526. The third kappa shape index (κ3) is 4.42. The van der Waals surface area contributed by atoms with Gasteiger partial charge in [0.2, 0.25) is 0 Å². The van der Waals surface area contributed by atoms with Crippen LogP contribution < -0.4 is 0 Å². The Morgan fingerprint density at radius 2 is 1.56 bits per heavy atom. The summed E-state index contributed by atoms with van der Waals surface area (Å²) in [6.45, 7) is 15.5. The van der Waals surface area contributed by atoms with Crippen molar-refractivity contribution in [3.8, 4) is 0 Å². The van der Waals surface area contributed by atoms with Gasteiger partial charge in [0.25, 0.3) is 0 Å². The zero-order valence-electron chi connectivity index (χ0n) is 12.0. The molecule has 0 bridgehead atoms. The number of hydrogen-bond donors (Lipinski definition) is 0. The van der Waals surface area contributed by atoms with Crippen LogP contribution >= 0.6 is 0 Å². The summed E-state index contributed by atoms with van der Waals surface area (Å²) in [7, 11) is 0. The van der Waals surface area contributed by atoms with Crippen LogP contribution in [0.25, 0.3) is 0 Å². The topological polar surface area (TPSA) is 18.5 Å². The maximum atomic E-state index is 5.87. The predicted molar refractivity (Wildman–Crippen MR) is 67.4 cm³/mol. The first-order chi connectivity index (χ1) is 7.08. The highest BCUT2D eigenvalue weighted by atomic mass is 16.7. The quantitative estimate of drug-likeness (QED) is 0.675. The molecule has 1 fully saturated rings. The van der Waals surface area contributed by atoms with E-state index in [2.05, 4.69) is 41.5 Å². The van der Waals surface area contributed by atoms with E-state index in [4.69, 9.17) is 9.47 Å². The maximum absolute atomic E-state index is 5.87. The molecule has 1 heterocycles. The van der Waals surface area contributed by atoms with Crippen molar-refractivity contribution >= 4 is 0 Å². The van der Waals surface area contributed by atoms with E-state index >= 15 is 0 Å². The van der Waals surface area contributed by atoms with E-state index in [0.29, 0.717) is 17.6 Å². The van der Waals surface area contributed by atoms with Crippen molar-refractivity contribution in [2.75, 3.05) is 0 Å². The van der Waals surface area contributed by atoms with Gasteiger partial charge in [0.05, 0.1) is 12.2 Å². The fourth-order valence-corrected chi connectivity index (χ4v) is 2.26. The third-order valence-electron chi connectivity index (χ3n) is 3.02. The second-order valence-corrected chi connectivity index (χ2v) is 7.32. The molecule has 0 spiro atoms. The summed E-state index contributed by atoms with van der Waals surface area (Å²) in [6, 6.07) is 0. The van der Waals surface area contributed by atoms with Gasteiger partial charge in [0.1, 0.15) is 0 Å². The molecule has 2 heteroatoms. The van der Waals surface area contributed by atoms with Crippen molar-refractivity contribution in [3.63, 3.8) is 0 Å². The molecule has 1 aliphatic rings. The molecular formula is C14H28O2. The summed E-state index contributed by atoms with van der Waals surface area (Å²) >= 11 is 0. The first kappa shape index (κ1) is 14.0. The lowest BCUT2D eigenvalue weighted by Gasteiger charge is -2.42. The molecule has 3 unspecified atom stereocenters. The van der Waals surface area contributed by atoms with Crippen LogP contribution in [0.4, 0.5) is 0 Å². The Morgan fingerprint density at radius 1 is 1.00 bits per heavy atom. The van der Waals surface area contributed by atoms with Gasteiger partial charge in [0, 0.05) is 6.42 Å². The Morgan fingerprint density at radius 3 is 2.00 bits per heavy atom. The van der Waals surface area contributed by atoms with E-state index in [9.17, 15) is 0 Å². The zero-order valence-corrected chi connectivity index (χ0v) is 12.0. The van der Waals surface area contributed by atoms with Gasteiger partial charge in [-0.15, -0.1) is 0 Å². The highest BCUT2D eigenvalue weighted by Crippen LogP contribution is 2.35. The fraction of sp³-hybridized carbons (Fsp3) is 1.00. The van der Waals surface area contributed by atoms with Gasteiger partial charge in [0.15, 0.2) is 6.29 Å². The molecule has 0 N–H and O–H groups in total. The Kier molecular flexibility index (Phi) is 4.07. The molecule has 96 valence electrons. The molecule has 2 nitrogen and oxygen atoms in total. The second-order valence-electron chi connectivity index (χ2n) is 7.32. The molecule has 1 saturated heterocycles. The van der Waals surface area contributed by atoms with Gasteiger partial charge < -0.3 is 9.47 Å². The molecule has 0 radical (unpaired) electrons. The van der Waals surface area contributed by atoms with E-state index < -0.39 is 0 Å². The van der Waals surface area contributed by atoms with E-state index in [1.165, 1.54) is 0 Å². The van der Waals surface area contributed by atoms with Crippen molar-refractivity contribution in [2.24, 2.45) is 10.8 Å². The van der Waals surface area contributed by atoms with Crippen molar-refractivity contribution < 1.29 is 9.47 Å². The first-order valence-electron chi connectivity index (χ1n) is 6.39. The van der Waals surface area contributed by atoms with Crippen LogP contribution in [0, 0.1) is 10.8 Å². The van der Waals surface area contributed by atoms with Gasteiger partial charge in [-0.1, -0.05) is 41.5 Å². The first-order valence-corrected chi connectivity index (χ1v) is 6.39. The van der Waals surface area contributed by atoms with Gasteiger partial charge in [-0.3, -0.25) is 0 Å². The molecule has 1 aliphatic heterocycles. The monoisotopic (exact) mass is 228 g/mol. The van der Waals surface area contributed by atoms with E-state index in [-0.39, 0.29) is 11.7 Å². The maximum Gasteiger partial charge on any atom is 0.155 e. The summed E-state index contributed by atoms with van der Waals surface area (Å²) in [4.78, 5) is 0. The van der Waals surface area contributed by atoms with Crippen LogP contribution in [-0.2, 0) is 9.47 Å². The molecule has 0 aliphatic carbocycles. The largest absolute Gasteiger partial charge is 0.350 e. The van der Waals surface area contributed by atoms with Crippen molar-refractivity contribution in [1.82, 2.24) is 0 Å². The summed E-state index contributed by atoms with van der Waals surface area (Å²) in [5, 5.41) is 0. The minimum absolute atomic E-state index is 0.0645. The van der Waals surface area contributed by atoms with Crippen molar-refractivity contribution in [1.29, 1.82) is 0 Å². The van der Waals surface area contributed by atoms with Crippen LogP contribution in [0.2, 0.25) is 0 Å². The van der Waals surface area contributed by atoms with Gasteiger partial charge >= 0.3 is 0 Å². The highest BCUT2D eigenvalue weighted by Gasteiger charge is 2.36. The van der Waals surface area contributed by atoms with Crippen LogP contribution in [0.15, 0.2) is 0 Å². The average Bonchev–Trinajstić information content (AvgIpc) is 1.97. The van der Waals surface area contributed by atoms with Gasteiger partial charge in [-0.05, 0) is 24.2 Å². The zero-order chi connectivity index (χ0) is 12.6. The molecular weight excluding hydrogens is 200 g/mol. The van der Waals surface area contributed by atoms with Gasteiger partial charge in [-0.2, -0.15) is 0 Å². The minimum atomic E-state index is -0.0645. The Labute approximate surface area is 101 Å². The van der Waals surface area contributed by atoms with Crippen LogP contribution in [0.5, 0.6) is 0 Å². The molecule has 16 heavy (non-hydrogen) atoms. The summed E-state index contributed by atoms with van der Waals surface area (Å²) in [6.07, 6.45) is 2.71. The lowest BCUT2D eigenvalue weighted by atomic mass is 9.81. The van der Waals surface area contributed by atoms with E-state index in [0.717, 1.165) is 12.8 Å². The smallest absolute Gasteiger partial charge is 0.155 e. The van der Waals surface area contributed by atoms with E-state index in [1.807, 2.05) is 6.92 Å². The van der Waals surface area contributed by atoms with Crippen LogP contribution in [0.3, 0.4) is 0 Å². The fourth-order valence-electron chi connectivity index (χ4n) is 2.26. The Bertz CT molecular complexity index is 222. The van der Waals surface area contributed by atoms with Crippen molar-refractivity contribution in [2.45, 2.75) is 79.8 Å². The summed E-state index contributed by atoms with van der Waals surface area (Å²) in [5.74, 6) is 0. The minimum Gasteiger partial charge on any atom is -0.350 e. The normalized spacial score (nSPS) is 32.8.